The van der Waals surface area contributed by atoms with E-state index < -0.39 is 0 Å². The molecule has 1 rings (SSSR count). The first-order valence-electron chi connectivity index (χ1n) is 7.69. The van der Waals surface area contributed by atoms with Crippen LogP contribution in [-0.4, -0.2) is 13.1 Å². The average Bonchev–Trinajstić information content (AvgIpc) is 2.58. The van der Waals surface area contributed by atoms with Crippen molar-refractivity contribution in [3.8, 4) is 0 Å². The molecule has 0 fully saturated rings. The Morgan fingerprint density at radius 2 is 1.85 bits per heavy atom. The van der Waals surface area contributed by atoms with E-state index in [1.165, 1.54) is 50.4 Å². The Labute approximate surface area is 124 Å². The Morgan fingerprint density at radius 3 is 2.55 bits per heavy atom. The molecule has 1 aliphatic carbocycles. The molecular weight excluding hydrogens is 244 g/mol. The molecular formula is C18H28N2. The van der Waals surface area contributed by atoms with Gasteiger partial charge in [0.2, 0.25) is 0 Å². The fourth-order valence-corrected chi connectivity index (χ4v) is 2.38. The number of unbranched alkanes of at least 4 members (excludes halogenated alkanes) is 4. The highest BCUT2D eigenvalue weighted by atomic mass is 14.8. The van der Waals surface area contributed by atoms with E-state index in [-0.39, 0.29) is 5.41 Å². The summed E-state index contributed by atoms with van der Waals surface area (Å²) in [6.45, 7) is 10.1. The van der Waals surface area contributed by atoms with E-state index in [1.54, 1.807) is 0 Å². The van der Waals surface area contributed by atoms with E-state index in [2.05, 4.69) is 61.8 Å². The van der Waals surface area contributed by atoms with Crippen molar-refractivity contribution in [1.82, 2.24) is 0 Å². The molecule has 20 heavy (non-hydrogen) atoms. The first-order valence-corrected chi connectivity index (χ1v) is 7.69. The van der Waals surface area contributed by atoms with Gasteiger partial charge in [0.05, 0.1) is 5.70 Å². The van der Waals surface area contributed by atoms with E-state index in [0.717, 1.165) is 5.70 Å². The molecule has 0 radical (unpaired) electrons. The van der Waals surface area contributed by atoms with Crippen LogP contribution in [0.2, 0.25) is 0 Å². The van der Waals surface area contributed by atoms with E-state index in [4.69, 9.17) is 0 Å². The fraction of sp³-hybridized carbons (Fsp3) is 0.556. The van der Waals surface area contributed by atoms with Gasteiger partial charge in [-0.1, -0.05) is 64.2 Å². The summed E-state index contributed by atoms with van der Waals surface area (Å²) in [6, 6.07) is 0. The average molecular weight is 272 g/mol. The van der Waals surface area contributed by atoms with Gasteiger partial charge < -0.3 is 0 Å². The molecule has 0 aromatic rings. The van der Waals surface area contributed by atoms with Gasteiger partial charge in [0.15, 0.2) is 0 Å². The van der Waals surface area contributed by atoms with Crippen LogP contribution < -0.4 is 0 Å². The lowest BCUT2D eigenvalue weighted by Crippen LogP contribution is -2.08. The maximum absolute atomic E-state index is 4.32. The smallest absolute Gasteiger partial charge is 0.115 e. The molecule has 0 saturated heterocycles. The predicted molar refractivity (Wildman–Crippen MR) is 90.5 cm³/mol. The minimum Gasteiger partial charge on any atom is -0.253 e. The van der Waals surface area contributed by atoms with Crippen molar-refractivity contribution in [1.29, 1.82) is 0 Å². The lowest BCUT2D eigenvalue weighted by atomic mass is 9.84. The van der Waals surface area contributed by atoms with E-state index in [0.29, 0.717) is 0 Å². The molecule has 1 unspecified atom stereocenters. The van der Waals surface area contributed by atoms with Crippen molar-refractivity contribution in [2.75, 3.05) is 0 Å². The Hall–Kier alpha value is -1.44. The van der Waals surface area contributed by atoms with Crippen LogP contribution in [0.15, 0.2) is 45.6 Å². The monoisotopic (exact) mass is 272 g/mol. The molecule has 1 aliphatic rings. The second-order valence-corrected chi connectivity index (χ2v) is 5.83. The van der Waals surface area contributed by atoms with E-state index in [1.807, 2.05) is 0 Å². The lowest BCUT2D eigenvalue weighted by Gasteiger charge is -2.21. The SMILES string of the molecule is C=NC=NC1=C(C)C=CC(C)(CCCCCCC)C=C1. The van der Waals surface area contributed by atoms with Crippen LogP contribution in [0.5, 0.6) is 0 Å². The normalized spacial score (nSPS) is 22.6. The molecule has 0 aromatic carbocycles. The number of aliphatic imine (C=N–C) groups is 2. The maximum Gasteiger partial charge on any atom is 0.115 e. The second-order valence-electron chi connectivity index (χ2n) is 5.83. The van der Waals surface area contributed by atoms with Gasteiger partial charge in [-0.05, 0) is 31.7 Å². The Kier molecular flexibility index (Phi) is 7.21. The lowest BCUT2D eigenvalue weighted by molar-refractivity contribution is 0.458. The molecule has 0 bridgehead atoms. The van der Waals surface area contributed by atoms with Gasteiger partial charge >= 0.3 is 0 Å². The van der Waals surface area contributed by atoms with Gasteiger partial charge in [-0.15, -0.1) is 0 Å². The van der Waals surface area contributed by atoms with Crippen LogP contribution in [0.4, 0.5) is 0 Å². The highest BCUT2D eigenvalue weighted by Crippen LogP contribution is 2.32. The van der Waals surface area contributed by atoms with Gasteiger partial charge in [0.25, 0.3) is 0 Å². The zero-order chi connectivity index (χ0) is 14.8. The highest BCUT2D eigenvalue weighted by molar-refractivity contribution is 5.64. The van der Waals surface area contributed by atoms with Gasteiger partial charge in [-0.25, -0.2) is 4.99 Å². The highest BCUT2D eigenvalue weighted by Gasteiger charge is 2.18. The Balaban J connectivity index is 2.60. The number of hydrogen-bond donors (Lipinski definition) is 0. The molecule has 0 amide bonds. The van der Waals surface area contributed by atoms with Crippen molar-refractivity contribution in [2.45, 2.75) is 59.3 Å². The number of hydrogen-bond acceptors (Lipinski definition) is 1. The van der Waals surface area contributed by atoms with E-state index in [9.17, 15) is 0 Å². The van der Waals surface area contributed by atoms with Crippen molar-refractivity contribution in [3.63, 3.8) is 0 Å². The molecule has 110 valence electrons. The molecule has 0 aromatic heterocycles. The third kappa shape index (κ3) is 5.68. The molecule has 0 heterocycles. The molecule has 0 saturated carbocycles. The van der Waals surface area contributed by atoms with Crippen molar-refractivity contribution >= 4 is 13.1 Å². The summed E-state index contributed by atoms with van der Waals surface area (Å²) in [4.78, 5) is 7.99. The Morgan fingerprint density at radius 1 is 1.15 bits per heavy atom. The van der Waals surface area contributed by atoms with Crippen molar-refractivity contribution in [3.05, 3.63) is 35.6 Å². The van der Waals surface area contributed by atoms with Crippen LogP contribution in [-0.2, 0) is 0 Å². The fourth-order valence-electron chi connectivity index (χ4n) is 2.38. The zero-order valence-corrected chi connectivity index (χ0v) is 13.2. The summed E-state index contributed by atoms with van der Waals surface area (Å²) in [6.07, 6.45) is 18.2. The minimum absolute atomic E-state index is 0.145. The van der Waals surface area contributed by atoms with E-state index >= 15 is 0 Å². The zero-order valence-electron chi connectivity index (χ0n) is 13.2. The molecule has 2 heteroatoms. The quantitative estimate of drug-likeness (QED) is 0.317. The molecule has 0 spiro atoms. The van der Waals surface area contributed by atoms with Crippen LogP contribution >= 0.6 is 0 Å². The molecule has 1 atom stereocenters. The van der Waals surface area contributed by atoms with Crippen LogP contribution in [0.25, 0.3) is 0 Å². The predicted octanol–water partition coefficient (Wildman–Crippen LogP) is 5.48. The second kappa shape index (κ2) is 8.68. The molecule has 0 N–H and O–H groups in total. The number of rotatable bonds is 8. The number of allylic oxidation sites excluding steroid dienone is 5. The van der Waals surface area contributed by atoms with Crippen LogP contribution in [0.1, 0.15) is 59.3 Å². The maximum atomic E-state index is 4.32. The van der Waals surface area contributed by atoms with Crippen molar-refractivity contribution < 1.29 is 0 Å². The molecule has 2 nitrogen and oxygen atoms in total. The first-order chi connectivity index (χ1) is 9.61. The summed E-state index contributed by atoms with van der Waals surface area (Å²) >= 11 is 0. The van der Waals surface area contributed by atoms with Gasteiger partial charge in [-0.3, -0.25) is 4.99 Å². The van der Waals surface area contributed by atoms with Gasteiger partial charge in [0, 0.05) is 5.41 Å². The summed E-state index contributed by atoms with van der Waals surface area (Å²) in [5, 5.41) is 0. The van der Waals surface area contributed by atoms with Crippen LogP contribution in [0.3, 0.4) is 0 Å². The largest absolute Gasteiger partial charge is 0.253 e. The third-order valence-electron chi connectivity index (χ3n) is 3.84. The summed E-state index contributed by atoms with van der Waals surface area (Å²) in [5.41, 5.74) is 2.30. The molecule has 0 aliphatic heterocycles. The van der Waals surface area contributed by atoms with Crippen molar-refractivity contribution in [2.24, 2.45) is 15.4 Å². The Bertz CT molecular complexity index is 427. The first kappa shape index (κ1) is 16.6. The van der Waals surface area contributed by atoms with Gasteiger partial charge in [0.1, 0.15) is 6.34 Å². The minimum atomic E-state index is 0.145. The van der Waals surface area contributed by atoms with Gasteiger partial charge in [-0.2, -0.15) is 0 Å². The third-order valence-corrected chi connectivity index (χ3v) is 3.84. The summed E-state index contributed by atoms with van der Waals surface area (Å²) in [5.74, 6) is 0. The summed E-state index contributed by atoms with van der Waals surface area (Å²) in [7, 11) is 0. The topological polar surface area (TPSA) is 24.7 Å². The number of nitrogens with zero attached hydrogens (tertiary/aromatic N) is 2. The van der Waals surface area contributed by atoms with Crippen LogP contribution in [0, 0.1) is 5.41 Å². The standard InChI is InChI=1S/C18H28N2/c1-5-6-7-8-9-12-18(3)13-10-16(2)17(11-14-18)20-15-19-4/h10-11,13-15H,4-9,12H2,1-3H3. The summed E-state index contributed by atoms with van der Waals surface area (Å²) < 4.78 is 0.